The standard InChI is InChI=1S/C13H18N2O2/c1-10-3-4-11(15(16)17)9-12(10)13(7-8-14)5-2-6-13/h3-4,9H,2,5-8,14H2,1H3. The number of hydrogen-bond donors (Lipinski definition) is 1. The van der Waals surface area contributed by atoms with Crippen LogP contribution < -0.4 is 5.73 Å². The Morgan fingerprint density at radius 1 is 1.47 bits per heavy atom. The molecule has 1 aliphatic rings. The molecular weight excluding hydrogens is 216 g/mol. The molecule has 0 heterocycles. The Morgan fingerprint density at radius 3 is 2.65 bits per heavy atom. The van der Waals surface area contributed by atoms with Gasteiger partial charge in [-0.3, -0.25) is 10.1 Å². The van der Waals surface area contributed by atoms with E-state index in [1.165, 1.54) is 6.42 Å². The zero-order chi connectivity index (χ0) is 12.5. The Labute approximate surface area is 101 Å². The molecule has 0 amide bonds. The SMILES string of the molecule is Cc1ccc([N+](=O)[O-])cc1C1(CCN)CCC1. The van der Waals surface area contributed by atoms with Crippen LogP contribution in [0.25, 0.3) is 0 Å². The fourth-order valence-corrected chi connectivity index (χ4v) is 2.83. The number of rotatable bonds is 4. The van der Waals surface area contributed by atoms with Gasteiger partial charge < -0.3 is 5.73 Å². The molecule has 0 unspecified atom stereocenters. The third kappa shape index (κ3) is 2.05. The van der Waals surface area contributed by atoms with Crippen molar-refractivity contribution in [1.82, 2.24) is 0 Å². The van der Waals surface area contributed by atoms with Gasteiger partial charge in [0.1, 0.15) is 0 Å². The lowest BCUT2D eigenvalue weighted by atomic mass is 9.61. The third-order valence-corrected chi connectivity index (χ3v) is 3.94. The van der Waals surface area contributed by atoms with E-state index in [1.807, 2.05) is 13.0 Å². The molecule has 17 heavy (non-hydrogen) atoms. The van der Waals surface area contributed by atoms with E-state index in [4.69, 9.17) is 5.73 Å². The lowest BCUT2D eigenvalue weighted by Crippen LogP contribution is -2.37. The van der Waals surface area contributed by atoms with Crippen molar-refractivity contribution in [3.63, 3.8) is 0 Å². The number of aryl methyl sites for hydroxylation is 1. The molecule has 0 aliphatic heterocycles. The zero-order valence-electron chi connectivity index (χ0n) is 10.1. The number of non-ortho nitro benzene ring substituents is 1. The van der Waals surface area contributed by atoms with Gasteiger partial charge >= 0.3 is 0 Å². The quantitative estimate of drug-likeness (QED) is 0.643. The summed E-state index contributed by atoms with van der Waals surface area (Å²) in [6.07, 6.45) is 4.33. The second kappa shape index (κ2) is 4.45. The molecule has 0 bridgehead atoms. The molecule has 1 aromatic carbocycles. The maximum Gasteiger partial charge on any atom is 0.269 e. The van der Waals surface area contributed by atoms with Crippen LogP contribution >= 0.6 is 0 Å². The predicted octanol–water partition coefficient (Wildman–Crippen LogP) is 2.67. The van der Waals surface area contributed by atoms with Gasteiger partial charge in [0.05, 0.1) is 4.92 Å². The van der Waals surface area contributed by atoms with E-state index in [9.17, 15) is 10.1 Å². The van der Waals surface area contributed by atoms with Crippen LogP contribution in [-0.4, -0.2) is 11.5 Å². The molecule has 1 saturated carbocycles. The number of nitrogens with zero attached hydrogens (tertiary/aromatic N) is 1. The molecule has 2 rings (SSSR count). The Morgan fingerprint density at radius 2 is 2.18 bits per heavy atom. The summed E-state index contributed by atoms with van der Waals surface area (Å²) in [5.74, 6) is 0. The number of nitro groups is 1. The molecule has 1 aliphatic carbocycles. The van der Waals surface area contributed by atoms with Gasteiger partial charge in [-0.15, -0.1) is 0 Å². The minimum atomic E-state index is -0.322. The summed E-state index contributed by atoms with van der Waals surface area (Å²) in [6.45, 7) is 2.66. The molecular formula is C13H18N2O2. The van der Waals surface area contributed by atoms with Crippen LogP contribution in [-0.2, 0) is 5.41 Å². The Bertz CT molecular complexity index is 439. The van der Waals surface area contributed by atoms with Crippen LogP contribution in [0.1, 0.15) is 36.8 Å². The maximum atomic E-state index is 10.8. The molecule has 0 aromatic heterocycles. The average Bonchev–Trinajstić information content (AvgIpc) is 2.24. The van der Waals surface area contributed by atoms with Crippen LogP contribution in [0.5, 0.6) is 0 Å². The van der Waals surface area contributed by atoms with Gasteiger partial charge in [-0.05, 0) is 49.3 Å². The predicted molar refractivity (Wildman–Crippen MR) is 67.0 cm³/mol. The molecule has 4 heteroatoms. The van der Waals surface area contributed by atoms with Crippen molar-refractivity contribution in [3.8, 4) is 0 Å². The van der Waals surface area contributed by atoms with Crippen LogP contribution in [0.15, 0.2) is 18.2 Å². The van der Waals surface area contributed by atoms with E-state index in [2.05, 4.69) is 0 Å². The van der Waals surface area contributed by atoms with Gasteiger partial charge in [-0.1, -0.05) is 12.5 Å². The zero-order valence-corrected chi connectivity index (χ0v) is 10.1. The summed E-state index contributed by atoms with van der Waals surface area (Å²) in [7, 11) is 0. The third-order valence-electron chi connectivity index (χ3n) is 3.94. The number of nitrogens with two attached hydrogens (primary N) is 1. The molecule has 0 saturated heterocycles. The Kier molecular flexibility index (Phi) is 3.15. The highest BCUT2D eigenvalue weighted by Crippen LogP contribution is 2.47. The van der Waals surface area contributed by atoms with Crippen molar-refractivity contribution in [3.05, 3.63) is 39.4 Å². The van der Waals surface area contributed by atoms with Gasteiger partial charge in [-0.2, -0.15) is 0 Å². The first-order valence-electron chi connectivity index (χ1n) is 6.05. The van der Waals surface area contributed by atoms with Crippen molar-refractivity contribution < 1.29 is 4.92 Å². The molecule has 1 aromatic rings. The molecule has 1 fully saturated rings. The molecule has 0 radical (unpaired) electrons. The first-order chi connectivity index (χ1) is 8.09. The molecule has 4 nitrogen and oxygen atoms in total. The van der Waals surface area contributed by atoms with E-state index in [0.717, 1.165) is 30.4 Å². The van der Waals surface area contributed by atoms with E-state index < -0.39 is 0 Å². The summed E-state index contributed by atoms with van der Waals surface area (Å²) in [6, 6.07) is 5.17. The normalized spacial score (nSPS) is 17.5. The summed E-state index contributed by atoms with van der Waals surface area (Å²) >= 11 is 0. The monoisotopic (exact) mass is 234 g/mol. The van der Waals surface area contributed by atoms with Crippen molar-refractivity contribution in [2.24, 2.45) is 5.73 Å². The van der Waals surface area contributed by atoms with Crippen LogP contribution in [0.2, 0.25) is 0 Å². The summed E-state index contributed by atoms with van der Waals surface area (Å²) in [5.41, 5.74) is 8.24. The summed E-state index contributed by atoms with van der Waals surface area (Å²) < 4.78 is 0. The molecule has 0 atom stereocenters. The van der Waals surface area contributed by atoms with Gasteiger partial charge in [0, 0.05) is 12.1 Å². The second-order valence-electron chi connectivity index (χ2n) is 4.93. The number of benzene rings is 1. The first kappa shape index (κ1) is 12.0. The fourth-order valence-electron chi connectivity index (χ4n) is 2.83. The van der Waals surface area contributed by atoms with Crippen LogP contribution in [0.4, 0.5) is 5.69 Å². The van der Waals surface area contributed by atoms with Crippen molar-refractivity contribution >= 4 is 5.69 Å². The van der Waals surface area contributed by atoms with Crippen molar-refractivity contribution in [2.45, 2.75) is 38.0 Å². The smallest absolute Gasteiger partial charge is 0.269 e. The van der Waals surface area contributed by atoms with Crippen molar-refractivity contribution in [1.29, 1.82) is 0 Å². The highest BCUT2D eigenvalue weighted by atomic mass is 16.6. The number of nitro benzene ring substituents is 1. The van der Waals surface area contributed by atoms with E-state index >= 15 is 0 Å². The first-order valence-corrected chi connectivity index (χ1v) is 6.05. The Balaban J connectivity index is 2.42. The summed E-state index contributed by atoms with van der Waals surface area (Å²) in [4.78, 5) is 10.5. The Hall–Kier alpha value is -1.42. The highest BCUT2D eigenvalue weighted by molar-refractivity contribution is 5.44. The second-order valence-corrected chi connectivity index (χ2v) is 4.93. The van der Waals surface area contributed by atoms with E-state index in [0.29, 0.717) is 6.54 Å². The minimum absolute atomic E-state index is 0.102. The van der Waals surface area contributed by atoms with E-state index in [1.54, 1.807) is 12.1 Å². The largest absolute Gasteiger partial charge is 0.330 e. The number of hydrogen-bond acceptors (Lipinski definition) is 3. The van der Waals surface area contributed by atoms with Crippen molar-refractivity contribution in [2.75, 3.05) is 6.54 Å². The highest BCUT2D eigenvalue weighted by Gasteiger charge is 2.39. The molecule has 0 spiro atoms. The fraction of sp³-hybridized carbons (Fsp3) is 0.538. The average molecular weight is 234 g/mol. The lowest BCUT2D eigenvalue weighted by Gasteiger charge is -2.43. The maximum absolute atomic E-state index is 10.8. The van der Waals surface area contributed by atoms with Crippen LogP contribution in [0.3, 0.4) is 0 Å². The van der Waals surface area contributed by atoms with Gasteiger partial charge in [0.15, 0.2) is 0 Å². The van der Waals surface area contributed by atoms with Crippen LogP contribution in [0, 0.1) is 17.0 Å². The minimum Gasteiger partial charge on any atom is -0.330 e. The van der Waals surface area contributed by atoms with Gasteiger partial charge in [0.25, 0.3) is 5.69 Å². The summed E-state index contributed by atoms with van der Waals surface area (Å²) in [5, 5.41) is 10.8. The van der Waals surface area contributed by atoms with Gasteiger partial charge in [0.2, 0.25) is 0 Å². The van der Waals surface area contributed by atoms with Gasteiger partial charge in [-0.25, -0.2) is 0 Å². The topological polar surface area (TPSA) is 69.2 Å². The van der Waals surface area contributed by atoms with E-state index in [-0.39, 0.29) is 16.0 Å². The molecule has 92 valence electrons. The molecule has 2 N–H and O–H groups in total. The lowest BCUT2D eigenvalue weighted by molar-refractivity contribution is -0.385.